The van der Waals surface area contributed by atoms with E-state index in [1.807, 2.05) is 29.2 Å². The van der Waals surface area contributed by atoms with Crippen LogP contribution in [0.15, 0.2) is 71.6 Å². The minimum absolute atomic E-state index is 0.0328. The maximum Gasteiger partial charge on any atom is 0.255 e. The molecule has 1 aliphatic heterocycles. The van der Waals surface area contributed by atoms with Crippen LogP contribution >= 0.6 is 11.8 Å². The van der Waals surface area contributed by atoms with Crippen molar-refractivity contribution in [2.75, 3.05) is 42.8 Å². The summed E-state index contributed by atoms with van der Waals surface area (Å²) >= 11 is 1.80. The Bertz CT molecular complexity index is 1200. The fourth-order valence-corrected chi connectivity index (χ4v) is 5.04. The SMILES string of the molecule is COc1cc(NC(=O)c2ccccc2)c(OC)cc1NCC(=O)N1CCC(C)Sc2ccccc21. The van der Waals surface area contributed by atoms with Crippen molar-refractivity contribution in [1.82, 2.24) is 0 Å². The Morgan fingerprint density at radius 3 is 2.37 bits per heavy atom. The lowest BCUT2D eigenvalue weighted by molar-refractivity contribution is -0.117. The number of hydrogen-bond acceptors (Lipinski definition) is 6. The van der Waals surface area contributed by atoms with Gasteiger partial charge in [0.05, 0.1) is 37.8 Å². The van der Waals surface area contributed by atoms with Crippen LogP contribution in [-0.4, -0.2) is 44.4 Å². The molecule has 1 atom stereocenters. The van der Waals surface area contributed by atoms with Crippen molar-refractivity contribution in [3.63, 3.8) is 0 Å². The molecule has 1 unspecified atom stereocenters. The van der Waals surface area contributed by atoms with Crippen LogP contribution in [-0.2, 0) is 4.79 Å². The summed E-state index contributed by atoms with van der Waals surface area (Å²) in [6.45, 7) is 2.93. The quantitative estimate of drug-likeness (QED) is 0.468. The summed E-state index contributed by atoms with van der Waals surface area (Å²) in [4.78, 5) is 28.8. The van der Waals surface area contributed by atoms with Crippen molar-refractivity contribution in [2.24, 2.45) is 0 Å². The number of methoxy groups -OCH3 is 2. The standard InChI is InChI=1S/C27H29N3O4S/c1-18-13-14-30(22-11-7-8-12-25(22)35-18)26(31)17-28-20-15-24(34-3)21(16-23(20)33-2)29-27(32)19-9-5-4-6-10-19/h4-12,15-16,18,28H,13-14,17H2,1-3H3,(H,29,32). The Morgan fingerprint density at radius 1 is 0.971 bits per heavy atom. The second-order valence-corrected chi connectivity index (χ2v) is 9.64. The number of anilines is 3. The normalized spacial score (nSPS) is 14.9. The molecular formula is C27H29N3O4S. The molecule has 0 bridgehead atoms. The predicted octanol–water partition coefficient (Wildman–Crippen LogP) is 5.29. The number of carbonyl (C=O) groups excluding carboxylic acids is 2. The molecule has 0 aliphatic carbocycles. The molecule has 3 aromatic carbocycles. The highest BCUT2D eigenvalue weighted by atomic mass is 32.2. The third-order valence-electron chi connectivity index (χ3n) is 5.78. The zero-order valence-electron chi connectivity index (χ0n) is 20.0. The van der Waals surface area contributed by atoms with Crippen LogP contribution in [0.1, 0.15) is 23.7 Å². The Labute approximate surface area is 209 Å². The van der Waals surface area contributed by atoms with Gasteiger partial charge in [-0.15, -0.1) is 11.8 Å². The highest BCUT2D eigenvalue weighted by Crippen LogP contribution is 2.38. The van der Waals surface area contributed by atoms with Crippen LogP contribution in [0.3, 0.4) is 0 Å². The maximum atomic E-state index is 13.2. The average molecular weight is 492 g/mol. The van der Waals surface area contributed by atoms with Crippen LogP contribution in [0, 0.1) is 0 Å². The number of hydrogen-bond donors (Lipinski definition) is 2. The monoisotopic (exact) mass is 491 g/mol. The summed E-state index contributed by atoms with van der Waals surface area (Å²) in [5.74, 6) is 0.654. The van der Waals surface area contributed by atoms with Crippen LogP contribution in [0.5, 0.6) is 11.5 Å². The van der Waals surface area contributed by atoms with Crippen molar-refractivity contribution in [3.8, 4) is 11.5 Å². The molecule has 0 spiro atoms. The predicted molar refractivity (Wildman–Crippen MR) is 141 cm³/mol. The molecule has 0 fully saturated rings. The number of benzene rings is 3. The van der Waals surface area contributed by atoms with Gasteiger partial charge >= 0.3 is 0 Å². The number of thioether (sulfide) groups is 1. The van der Waals surface area contributed by atoms with Gasteiger partial charge in [0.25, 0.3) is 5.91 Å². The zero-order chi connectivity index (χ0) is 24.8. The summed E-state index contributed by atoms with van der Waals surface area (Å²) in [6, 6.07) is 20.4. The van der Waals surface area contributed by atoms with E-state index < -0.39 is 0 Å². The number of ether oxygens (including phenoxy) is 2. The lowest BCUT2D eigenvalue weighted by atomic mass is 10.2. The lowest BCUT2D eigenvalue weighted by Gasteiger charge is -2.23. The highest BCUT2D eigenvalue weighted by molar-refractivity contribution is 8.00. The fraction of sp³-hybridized carbons (Fsp3) is 0.259. The molecular weight excluding hydrogens is 462 g/mol. The van der Waals surface area contributed by atoms with Gasteiger partial charge in [0, 0.05) is 34.4 Å². The number of fused-ring (bicyclic) bond motifs is 1. The third kappa shape index (κ3) is 5.71. The zero-order valence-corrected chi connectivity index (χ0v) is 20.9. The average Bonchev–Trinajstić information content (AvgIpc) is 3.06. The third-order valence-corrected chi connectivity index (χ3v) is 7.02. The molecule has 3 aromatic rings. The number of amides is 2. The van der Waals surface area contributed by atoms with Gasteiger partial charge in [-0.25, -0.2) is 0 Å². The lowest BCUT2D eigenvalue weighted by Crippen LogP contribution is -2.36. The fourth-order valence-electron chi connectivity index (χ4n) is 3.93. The van der Waals surface area contributed by atoms with Gasteiger partial charge in [-0.3, -0.25) is 9.59 Å². The van der Waals surface area contributed by atoms with Gasteiger partial charge in [0.15, 0.2) is 0 Å². The highest BCUT2D eigenvalue weighted by Gasteiger charge is 2.24. The molecule has 0 radical (unpaired) electrons. The molecule has 1 heterocycles. The minimum atomic E-state index is -0.256. The summed E-state index contributed by atoms with van der Waals surface area (Å²) in [5, 5.41) is 6.50. The molecule has 0 aromatic heterocycles. The smallest absolute Gasteiger partial charge is 0.255 e. The second-order valence-electron chi connectivity index (χ2n) is 8.16. The second kappa shape index (κ2) is 11.2. The first-order chi connectivity index (χ1) is 17.0. The maximum absolute atomic E-state index is 13.2. The van der Waals surface area contributed by atoms with Crippen molar-refractivity contribution >= 4 is 40.6 Å². The van der Waals surface area contributed by atoms with Crippen molar-refractivity contribution < 1.29 is 19.1 Å². The molecule has 4 rings (SSSR count). The number of nitrogens with zero attached hydrogens (tertiary/aromatic N) is 1. The minimum Gasteiger partial charge on any atom is -0.495 e. The summed E-state index contributed by atoms with van der Waals surface area (Å²) < 4.78 is 11.1. The van der Waals surface area contributed by atoms with E-state index in [1.165, 1.54) is 7.11 Å². The van der Waals surface area contributed by atoms with Gasteiger partial charge in [-0.1, -0.05) is 37.3 Å². The van der Waals surface area contributed by atoms with Gasteiger partial charge in [-0.2, -0.15) is 0 Å². The van der Waals surface area contributed by atoms with Crippen molar-refractivity contribution in [3.05, 3.63) is 72.3 Å². The van der Waals surface area contributed by atoms with E-state index >= 15 is 0 Å². The van der Waals surface area contributed by atoms with E-state index in [1.54, 1.807) is 55.3 Å². The molecule has 1 aliphatic rings. The molecule has 182 valence electrons. The molecule has 2 N–H and O–H groups in total. The number of rotatable bonds is 7. The van der Waals surface area contributed by atoms with Gasteiger partial charge in [0.1, 0.15) is 11.5 Å². The van der Waals surface area contributed by atoms with Crippen molar-refractivity contribution in [2.45, 2.75) is 23.5 Å². The first-order valence-electron chi connectivity index (χ1n) is 11.4. The molecule has 0 saturated carbocycles. The van der Waals surface area contributed by atoms with E-state index in [2.05, 4.69) is 23.6 Å². The summed E-state index contributed by atoms with van der Waals surface area (Å²) in [7, 11) is 3.07. The van der Waals surface area contributed by atoms with Crippen LogP contribution in [0.2, 0.25) is 0 Å². The van der Waals surface area contributed by atoms with Crippen LogP contribution in [0.25, 0.3) is 0 Å². The van der Waals surface area contributed by atoms with E-state index in [4.69, 9.17) is 9.47 Å². The summed E-state index contributed by atoms with van der Waals surface area (Å²) in [5.41, 5.74) is 2.55. The molecule has 2 amide bonds. The van der Waals surface area contributed by atoms with Gasteiger partial charge in [0.2, 0.25) is 5.91 Å². The first kappa shape index (κ1) is 24.5. The number of carbonyl (C=O) groups is 2. The molecule has 0 saturated heterocycles. The van der Waals surface area contributed by atoms with Crippen molar-refractivity contribution in [1.29, 1.82) is 0 Å². The Kier molecular flexibility index (Phi) is 7.82. The van der Waals surface area contributed by atoms with E-state index in [9.17, 15) is 9.59 Å². The topological polar surface area (TPSA) is 79.9 Å². The van der Waals surface area contributed by atoms with Crippen LogP contribution < -0.4 is 25.0 Å². The molecule has 7 nitrogen and oxygen atoms in total. The van der Waals surface area contributed by atoms with E-state index in [-0.39, 0.29) is 18.4 Å². The number of para-hydroxylation sites is 1. The molecule has 8 heteroatoms. The Morgan fingerprint density at radius 2 is 1.63 bits per heavy atom. The van der Waals surface area contributed by atoms with Gasteiger partial charge in [-0.05, 0) is 30.7 Å². The van der Waals surface area contributed by atoms with Gasteiger partial charge < -0.3 is 25.0 Å². The first-order valence-corrected chi connectivity index (χ1v) is 12.3. The summed E-state index contributed by atoms with van der Waals surface area (Å²) in [6.07, 6.45) is 0.915. The number of nitrogens with one attached hydrogen (secondary N) is 2. The van der Waals surface area contributed by atoms with E-state index in [0.717, 1.165) is 17.0 Å². The van der Waals surface area contributed by atoms with Crippen LogP contribution in [0.4, 0.5) is 17.1 Å². The largest absolute Gasteiger partial charge is 0.495 e. The Balaban J connectivity index is 1.51. The van der Waals surface area contributed by atoms with E-state index in [0.29, 0.717) is 40.2 Å². The molecule has 35 heavy (non-hydrogen) atoms. The Hall–Kier alpha value is -3.65.